The van der Waals surface area contributed by atoms with E-state index in [1.807, 2.05) is 30.3 Å². The Bertz CT molecular complexity index is 866. The zero-order chi connectivity index (χ0) is 16.2. The molecule has 0 aliphatic heterocycles. The third kappa shape index (κ3) is 3.21. The molecule has 2 aromatic carbocycles. The summed E-state index contributed by atoms with van der Waals surface area (Å²) in [7, 11) is 1.55. The van der Waals surface area contributed by atoms with Gasteiger partial charge in [0.1, 0.15) is 17.1 Å². The Balaban J connectivity index is 1.86. The van der Waals surface area contributed by atoms with Crippen LogP contribution in [-0.2, 0) is 12.8 Å². The minimum absolute atomic E-state index is 0.0109. The van der Waals surface area contributed by atoms with Gasteiger partial charge in [0.05, 0.1) is 18.1 Å². The van der Waals surface area contributed by atoms with Gasteiger partial charge in [-0.3, -0.25) is 0 Å². The molecule has 4 heteroatoms. The number of ether oxygens (including phenoxy) is 1. The van der Waals surface area contributed by atoms with Crippen molar-refractivity contribution in [3.8, 4) is 11.5 Å². The standard InChI is InChI=1S/C19H18O4/c1-22-14-10-11-17-16(12-14)18(20)15(19(21)23-17)9-5-8-13-6-3-2-4-7-13/h2-4,6-7,10-12,20H,5,8-9H2,1H3. The lowest BCUT2D eigenvalue weighted by atomic mass is 10.0. The summed E-state index contributed by atoms with van der Waals surface area (Å²) in [6.45, 7) is 0. The highest BCUT2D eigenvalue weighted by atomic mass is 16.5. The predicted octanol–water partition coefficient (Wildman–Crippen LogP) is 3.68. The molecule has 1 heterocycles. The van der Waals surface area contributed by atoms with Gasteiger partial charge in [0.15, 0.2) is 0 Å². The van der Waals surface area contributed by atoms with Crippen molar-refractivity contribution in [3.63, 3.8) is 0 Å². The minimum Gasteiger partial charge on any atom is -0.507 e. The Morgan fingerprint density at radius 2 is 1.87 bits per heavy atom. The van der Waals surface area contributed by atoms with Crippen LogP contribution in [0, 0.1) is 0 Å². The average Bonchev–Trinajstić information content (AvgIpc) is 2.58. The molecular weight excluding hydrogens is 292 g/mol. The molecule has 1 aromatic heterocycles. The average molecular weight is 310 g/mol. The summed E-state index contributed by atoms with van der Waals surface area (Å²) in [5.74, 6) is 0.597. The number of aryl methyl sites for hydroxylation is 1. The van der Waals surface area contributed by atoms with Crippen molar-refractivity contribution in [3.05, 3.63) is 70.1 Å². The van der Waals surface area contributed by atoms with E-state index in [2.05, 4.69) is 0 Å². The van der Waals surface area contributed by atoms with Crippen LogP contribution in [0.3, 0.4) is 0 Å². The first-order valence-electron chi connectivity index (χ1n) is 7.55. The van der Waals surface area contributed by atoms with Crippen LogP contribution in [-0.4, -0.2) is 12.2 Å². The third-order valence-electron chi connectivity index (χ3n) is 3.91. The molecule has 0 fully saturated rings. The molecule has 1 N–H and O–H groups in total. The van der Waals surface area contributed by atoms with E-state index >= 15 is 0 Å². The Kier molecular flexibility index (Phi) is 4.33. The Labute approximate surface area is 134 Å². The molecule has 3 aromatic rings. The number of hydrogen-bond acceptors (Lipinski definition) is 4. The second-order valence-electron chi connectivity index (χ2n) is 5.42. The summed E-state index contributed by atoms with van der Waals surface area (Å²) in [5.41, 5.74) is 1.41. The lowest BCUT2D eigenvalue weighted by molar-refractivity contribution is 0.414. The fraction of sp³-hybridized carbons (Fsp3) is 0.211. The maximum absolute atomic E-state index is 12.1. The first kappa shape index (κ1) is 15.2. The van der Waals surface area contributed by atoms with E-state index in [1.54, 1.807) is 25.3 Å². The normalized spacial score (nSPS) is 10.8. The van der Waals surface area contributed by atoms with Crippen LogP contribution < -0.4 is 10.4 Å². The van der Waals surface area contributed by atoms with Gasteiger partial charge in [0.2, 0.25) is 0 Å². The van der Waals surface area contributed by atoms with E-state index in [0.29, 0.717) is 28.7 Å². The van der Waals surface area contributed by atoms with E-state index in [9.17, 15) is 9.90 Å². The largest absolute Gasteiger partial charge is 0.507 e. The van der Waals surface area contributed by atoms with E-state index in [0.717, 1.165) is 12.8 Å². The summed E-state index contributed by atoms with van der Waals surface area (Å²) >= 11 is 0. The highest BCUT2D eigenvalue weighted by Crippen LogP contribution is 2.30. The molecule has 0 aliphatic rings. The fourth-order valence-electron chi connectivity index (χ4n) is 2.67. The third-order valence-corrected chi connectivity index (χ3v) is 3.91. The Morgan fingerprint density at radius 3 is 2.61 bits per heavy atom. The molecule has 0 bridgehead atoms. The van der Waals surface area contributed by atoms with Crippen molar-refractivity contribution >= 4 is 11.0 Å². The molecule has 3 rings (SSSR count). The molecule has 23 heavy (non-hydrogen) atoms. The van der Waals surface area contributed by atoms with Crippen molar-refractivity contribution in [2.75, 3.05) is 7.11 Å². The van der Waals surface area contributed by atoms with Crippen LogP contribution in [0.4, 0.5) is 0 Å². The number of benzene rings is 2. The topological polar surface area (TPSA) is 59.7 Å². The second-order valence-corrected chi connectivity index (χ2v) is 5.42. The maximum Gasteiger partial charge on any atom is 0.343 e. The van der Waals surface area contributed by atoms with Gasteiger partial charge in [0, 0.05) is 0 Å². The molecule has 0 aliphatic carbocycles. The first-order chi connectivity index (χ1) is 11.2. The van der Waals surface area contributed by atoms with Crippen LogP contribution in [0.2, 0.25) is 0 Å². The molecule has 0 saturated carbocycles. The van der Waals surface area contributed by atoms with Crippen molar-refractivity contribution in [1.82, 2.24) is 0 Å². The van der Waals surface area contributed by atoms with Crippen molar-refractivity contribution in [2.24, 2.45) is 0 Å². The van der Waals surface area contributed by atoms with E-state index in [1.165, 1.54) is 5.56 Å². The maximum atomic E-state index is 12.1. The smallest absolute Gasteiger partial charge is 0.343 e. The van der Waals surface area contributed by atoms with Crippen molar-refractivity contribution in [1.29, 1.82) is 0 Å². The zero-order valence-corrected chi connectivity index (χ0v) is 12.9. The van der Waals surface area contributed by atoms with Gasteiger partial charge in [-0.25, -0.2) is 4.79 Å². The first-order valence-corrected chi connectivity index (χ1v) is 7.55. The summed E-state index contributed by atoms with van der Waals surface area (Å²) in [4.78, 5) is 12.1. The molecule has 0 unspecified atom stereocenters. The van der Waals surface area contributed by atoms with Gasteiger partial charge in [-0.05, 0) is 43.0 Å². The SMILES string of the molecule is COc1ccc2oc(=O)c(CCCc3ccccc3)c(O)c2c1. The fourth-order valence-corrected chi connectivity index (χ4v) is 2.67. The summed E-state index contributed by atoms with van der Waals surface area (Å²) < 4.78 is 10.5. The molecule has 118 valence electrons. The van der Waals surface area contributed by atoms with Gasteiger partial charge in [-0.1, -0.05) is 30.3 Å². The van der Waals surface area contributed by atoms with Gasteiger partial charge >= 0.3 is 5.63 Å². The van der Waals surface area contributed by atoms with Crippen LogP contribution in [0.15, 0.2) is 57.7 Å². The quantitative estimate of drug-likeness (QED) is 0.730. The van der Waals surface area contributed by atoms with Gasteiger partial charge in [-0.2, -0.15) is 0 Å². The van der Waals surface area contributed by atoms with Crippen molar-refractivity contribution in [2.45, 2.75) is 19.3 Å². The monoisotopic (exact) mass is 310 g/mol. The zero-order valence-electron chi connectivity index (χ0n) is 12.9. The minimum atomic E-state index is -0.478. The summed E-state index contributed by atoms with van der Waals surface area (Å²) in [6, 6.07) is 15.0. The lowest BCUT2D eigenvalue weighted by Crippen LogP contribution is -2.08. The summed E-state index contributed by atoms with van der Waals surface area (Å²) in [6.07, 6.45) is 2.07. The molecule has 0 saturated heterocycles. The number of hydrogen-bond donors (Lipinski definition) is 1. The Hall–Kier alpha value is -2.75. The number of rotatable bonds is 5. The molecule has 0 amide bonds. The number of fused-ring (bicyclic) bond motifs is 1. The van der Waals surface area contributed by atoms with E-state index in [4.69, 9.17) is 9.15 Å². The molecule has 0 spiro atoms. The molecule has 0 atom stereocenters. The predicted molar refractivity (Wildman–Crippen MR) is 89.2 cm³/mol. The highest BCUT2D eigenvalue weighted by molar-refractivity contribution is 5.85. The van der Waals surface area contributed by atoms with Crippen molar-refractivity contribution < 1.29 is 14.3 Å². The van der Waals surface area contributed by atoms with Crippen LogP contribution >= 0.6 is 0 Å². The molecule has 4 nitrogen and oxygen atoms in total. The van der Waals surface area contributed by atoms with Gasteiger partial charge in [-0.15, -0.1) is 0 Å². The van der Waals surface area contributed by atoms with Crippen LogP contribution in [0.5, 0.6) is 11.5 Å². The van der Waals surface area contributed by atoms with Crippen LogP contribution in [0.25, 0.3) is 11.0 Å². The van der Waals surface area contributed by atoms with Crippen LogP contribution in [0.1, 0.15) is 17.5 Å². The van der Waals surface area contributed by atoms with Gasteiger partial charge in [0.25, 0.3) is 0 Å². The number of methoxy groups -OCH3 is 1. The highest BCUT2D eigenvalue weighted by Gasteiger charge is 2.14. The second kappa shape index (κ2) is 6.57. The molecule has 0 radical (unpaired) electrons. The lowest BCUT2D eigenvalue weighted by Gasteiger charge is -2.08. The summed E-state index contributed by atoms with van der Waals surface area (Å²) in [5, 5.41) is 10.9. The van der Waals surface area contributed by atoms with Gasteiger partial charge < -0.3 is 14.3 Å². The molecular formula is C19H18O4. The Morgan fingerprint density at radius 1 is 1.09 bits per heavy atom. The number of aromatic hydroxyl groups is 1. The van der Waals surface area contributed by atoms with E-state index in [-0.39, 0.29) is 5.75 Å². The van der Waals surface area contributed by atoms with E-state index < -0.39 is 5.63 Å².